The Hall–Kier alpha value is -4.54. The minimum absolute atomic E-state index is 0.0385. The number of phenols is 2. The van der Waals surface area contributed by atoms with Gasteiger partial charge in [-0.3, -0.25) is 10.2 Å². The molecule has 0 spiro atoms. The monoisotopic (exact) mass is 640 g/mol. The summed E-state index contributed by atoms with van der Waals surface area (Å²) in [5.41, 5.74) is 5.91. The molecule has 0 aliphatic carbocycles. The van der Waals surface area contributed by atoms with Crippen LogP contribution in [0.15, 0.2) is 53.4 Å². The molecule has 1 heterocycles. The van der Waals surface area contributed by atoms with Gasteiger partial charge in [-0.05, 0) is 74.9 Å². The summed E-state index contributed by atoms with van der Waals surface area (Å²) in [5, 5.41) is 65.4. The number of hydrogen-bond acceptors (Lipinski definition) is 10. The van der Waals surface area contributed by atoms with E-state index >= 15 is 0 Å². The molecule has 14 nitrogen and oxygen atoms in total. The SMILES string of the molecule is CC(O)C(O)C(O)CN(C)C(=O)C(C)(C)c1cc(-c2nc3ccc(C(=N)N)cc3[nH]2)c(O)c(-c2cc(S(N)(=O)=O)ccc2O)c1. The topological polar surface area (TPSA) is 260 Å². The first-order valence-electron chi connectivity index (χ1n) is 13.7. The standard InChI is InChI=1S/C30H36N6O8S/c1-14(37)25(40)24(39)13-36(4)29(42)30(2,3)16-10-19(18-12-17(45(33,43)44)6-8-23(18)38)26(41)20(11-16)28-34-21-7-5-15(27(31)32)9-22(21)35-28/h5-12,14,24-25,37-41H,13H2,1-4H3,(H3,31,32)(H,34,35)(H2,33,43,44). The molecule has 0 radical (unpaired) electrons. The molecule has 45 heavy (non-hydrogen) atoms. The molecule has 0 aliphatic rings. The number of amidine groups is 1. The van der Waals surface area contributed by atoms with Crippen LogP contribution < -0.4 is 10.9 Å². The van der Waals surface area contributed by atoms with Gasteiger partial charge in [0.25, 0.3) is 0 Å². The number of H-pyrrole nitrogens is 1. The molecular formula is C30H36N6O8S. The number of carbonyl (C=O) groups excluding carboxylic acids is 1. The van der Waals surface area contributed by atoms with E-state index in [9.17, 15) is 38.7 Å². The van der Waals surface area contributed by atoms with Gasteiger partial charge in [-0.2, -0.15) is 0 Å². The molecule has 0 aliphatic heterocycles. The second-order valence-corrected chi connectivity index (χ2v) is 13.0. The van der Waals surface area contributed by atoms with Crippen LogP contribution >= 0.6 is 0 Å². The van der Waals surface area contributed by atoms with Crippen molar-refractivity contribution in [2.45, 2.75) is 49.4 Å². The van der Waals surface area contributed by atoms with Crippen LogP contribution in [0.4, 0.5) is 0 Å². The van der Waals surface area contributed by atoms with E-state index in [1.54, 1.807) is 32.0 Å². The van der Waals surface area contributed by atoms with Crippen molar-refractivity contribution in [1.29, 1.82) is 5.41 Å². The number of fused-ring (bicyclic) bond motifs is 1. The third-order valence-electron chi connectivity index (χ3n) is 7.70. The van der Waals surface area contributed by atoms with E-state index in [-0.39, 0.29) is 45.5 Å². The molecule has 11 N–H and O–H groups in total. The number of imidazole rings is 1. The Labute approximate surface area is 259 Å². The summed E-state index contributed by atoms with van der Waals surface area (Å²) in [6, 6.07) is 11.1. The van der Waals surface area contributed by atoms with Crippen LogP contribution in [0.2, 0.25) is 0 Å². The number of aliphatic hydroxyl groups is 3. The number of aliphatic hydroxyl groups excluding tert-OH is 3. The van der Waals surface area contributed by atoms with Crippen LogP contribution in [0.3, 0.4) is 0 Å². The number of rotatable bonds is 10. The molecule has 3 unspecified atom stereocenters. The first-order valence-corrected chi connectivity index (χ1v) is 15.3. The molecule has 0 bridgehead atoms. The van der Waals surface area contributed by atoms with Crippen LogP contribution in [-0.4, -0.2) is 92.5 Å². The van der Waals surface area contributed by atoms with Gasteiger partial charge in [0, 0.05) is 30.3 Å². The third-order valence-corrected chi connectivity index (χ3v) is 8.61. The molecular weight excluding hydrogens is 604 g/mol. The smallest absolute Gasteiger partial charge is 0.238 e. The van der Waals surface area contributed by atoms with Crippen molar-refractivity contribution < 1.29 is 38.7 Å². The second kappa shape index (κ2) is 12.1. The van der Waals surface area contributed by atoms with Crippen molar-refractivity contribution in [3.63, 3.8) is 0 Å². The predicted octanol–water partition coefficient (Wildman–Crippen LogP) is 1.08. The average molecular weight is 641 g/mol. The van der Waals surface area contributed by atoms with Gasteiger partial charge >= 0.3 is 0 Å². The highest BCUT2D eigenvalue weighted by Crippen LogP contribution is 2.45. The largest absolute Gasteiger partial charge is 0.507 e. The van der Waals surface area contributed by atoms with Gasteiger partial charge in [-0.25, -0.2) is 18.5 Å². The van der Waals surface area contributed by atoms with E-state index in [0.717, 1.165) is 18.2 Å². The van der Waals surface area contributed by atoms with E-state index in [1.807, 2.05) is 0 Å². The summed E-state index contributed by atoms with van der Waals surface area (Å²) in [6.45, 7) is 4.16. The summed E-state index contributed by atoms with van der Waals surface area (Å²) in [4.78, 5) is 22.3. The van der Waals surface area contributed by atoms with E-state index < -0.39 is 45.4 Å². The number of aromatic amines is 1. The number of nitrogen functional groups attached to an aromatic ring is 1. The van der Waals surface area contributed by atoms with Gasteiger partial charge in [-0.1, -0.05) is 0 Å². The van der Waals surface area contributed by atoms with Gasteiger partial charge in [0.15, 0.2) is 0 Å². The van der Waals surface area contributed by atoms with Crippen LogP contribution in [0.1, 0.15) is 31.9 Å². The first-order chi connectivity index (χ1) is 20.8. The normalized spacial score (nSPS) is 14.2. The zero-order valence-electron chi connectivity index (χ0n) is 25.0. The quantitative estimate of drug-likeness (QED) is 0.0879. The van der Waals surface area contributed by atoms with Crippen molar-refractivity contribution in [3.05, 3.63) is 59.7 Å². The van der Waals surface area contributed by atoms with E-state index in [1.165, 1.54) is 31.0 Å². The summed E-state index contributed by atoms with van der Waals surface area (Å²) in [7, 11) is -2.79. The summed E-state index contributed by atoms with van der Waals surface area (Å²) in [6.07, 6.45) is -4.19. The number of nitrogens with zero attached hydrogens (tertiary/aromatic N) is 2. The Morgan fingerprint density at radius 3 is 2.29 bits per heavy atom. The Balaban J connectivity index is 1.93. The third kappa shape index (κ3) is 6.62. The molecule has 240 valence electrons. The molecule has 1 amide bonds. The van der Waals surface area contributed by atoms with Gasteiger partial charge < -0.3 is 41.2 Å². The lowest BCUT2D eigenvalue weighted by molar-refractivity contribution is -0.138. The fourth-order valence-corrected chi connectivity index (χ4v) is 5.53. The number of hydrogen-bond donors (Lipinski definition) is 9. The van der Waals surface area contributed by atoms with Crippen LogP contribution in [0, 0.1) is 5.41 Å². The molecule has 0 saturated carbocycles. The number of aromatic hydroxyl groups is 2. The second-order valence-electron chi connectivity index (χ2n) is 11.5. The van der Waals surface area contributed by atoms with Gasteiger partial charge in [-0.15, -0.1) is 0 Å². The van der Waals surface area contributed by atoms with Crippen molar-refractivity contribution in [3.8, 4) is 34.0 Å². The van der Waals surface area contributed by atoms with Gasteiger partial charge in [0.05, 0.1) is 39.1 Å². The molecule has 3 atom stereocenters. The average Bonchev–Trinajstić information content (AvgIpc) is 3.39. The van der Waals surface area contributed by atoms with Crippen LogP contribution in [-0.2, 0) is 20.2 Å². The number of carbonyl (C=O) groups is 1. The highest BCUT2D eigenvalue weighted by Gasteiger charge is 2.36. The van der Waals surface area contributed by atoms with Crippen molar-refractivity contribution in [2.24, 2.45) is 10.9 Å². The van der Waals surface area contributed by atoms with E-state index in [0.29, 0.717) is 22.2 Å². The molecule has 4 aromatic rings. The maximum absolute atomic E-state index is 13.8. The summed E-state index contributed by atoms with van der Waals surface area (Å²) >= 11 is 0. The highest BCUT2D eigenvalue weighted by molar-refractivity contribution is 7.89. The minimum Gasteiger partial charge on any atom is -0.507 e. The molecule has 4 rings (SSSR count). The highest BCUT2D eigenvalue weighted by atomic mass is 32.2. The minimum atomic E-state index is -4.20. The fraction of sp³-hybridized carbons (Fsp3) is 0.300. The number of primary sulfonamides is 1. The Morgan fingerprint density at radius 1 is 1.04 bits per heavy atom. The van der Waals surface area contributed by atoms with Crippen LogP contribution in [0.25, 0.3) is 33.5 Å². The van der Waals surface area contributed by atoms with Crippen molar-refractivity contribution in [1.82, 2.24) is 14.9 Å². The van der Waals surface area contributed by atoms with Crippen molar-refractivity contribution >= 4 is 32.8 Å². The number of sulfonamides is 1. The Kier molecular flexibility index (Phi) is 8.97. The number of nitrogens with one attached hydrogen (secondary N) is 2. The zero-order valence-corrected chi connectivity index (χ0v) is 25.8. The predicted molar refractivity (Wildman–Crippen MR) is 167 cm³/mol. The van der Waals surface area contributed by atoms with Crippen molar-refractivity contribution in [2.75, 3.05) is 13.6 Å². The van der Waals surface area contributed by atoms with Crippen LogP contribution in [0.5, 0.6) is 11.5 Å². The number of benzene rings is 3. The number of phenolic OH excluding ortho intramolecular Hbond substituents is 2. The number of aromatic nitrogens is 2. The Morgan fingerprint density at radius 2 is 1.69 bits per heavy atom. The van der Waals surface area contributed by atoms with Gasteiger partial charge in [0.1, 0.15) is 29.3 Å². The lowest BCUT2D eigenvalue weighted by atomic mass is 9.80. The van der Waals surface area contributed by atoms with E-state index in [4.69, 9.17) is 16.3 Å². The number of amides is 1. The lowest BCUT2D eigenvalue weighted by Crippen LogP contribution is -2.48. The number of likely N-dealkylation sites (N-methyl/N-ethyl adjacent to an activating group) is 1. The maximum atomic E-state index is 13.8. The fourth-order valence-electron chi connectivity index (χ4n) is 4.99. The molecule has 15 heteroatoms. The maximum Gasteiger partial charge on any atom is 0.238 e. The summed E-state index contributed by atoms with van der Waals surface area (Å²) < 4.78 is 24.3. The Bertz CT molecular complexity index is 1900. The van der Waals surface area contributed by atoms with E-state index in [2.05, 4.69) is 9.97 Å². The molecule has 0 saturated heterocycles. The first kappa shape index (κ1) is 33.4. The summed E-state index contributed by atoms with van der Waals surface area (Å²) in [5.74, 6) is -1.31. The molecule has 0 fully saturated rings. The lowest BCUT2D eigenvalue weighted by Gasteiger charge is -2.33. The molecule has 1 aromatic heterocycles. The van der Waals surface area contributed by atoms with Gasteiger partial charge in [0.2, 0.25) is 15.9 Å². The number of nitrogens with two attached hydrogens (primary N) is 2. The molecule has 3 aromatic carbocycles. The zero-order chi connectivity index (χ0) is 33.6.